The second-order valence-electron chi connectivity index (χ2n) is 3.22. The van der Waals surface area contributed by atoms with Gasteiger partial charge in [0.05, 0.1) is 19.3 Å². The number of ether oxygens (including phenoxy) is 1. The van der Waals surface area contributed by atoms with Gasteiger partial charge in [-0.15, -0.1) is 14.8 Å². The number of aliphatic hydroxyl groups is 1. The first kappa shape index (κ1) is 10.7. The molecule has 8 nitrogen and oxygen atoms in total. The van der Waals surface area contributed by atoms with Gasteiger partial charge in [0, 0.05) is 7.11 Å². The van der Waals surface area contributed by atoms with Crippen LogP contribution in [-0.4, -0.2) is 56.7 Å². The van der Waals surface area contributed by atoms with Crippen LogP contribution in [-0.2, 0) is 4.74 Å². The third kappa shape index (κ3) is 2.23. The Morgan fingerprint density at radius 2 is 2.44 bits per heavy atom. The highest BCUT2D eigenvalue weighted by Gasteiger charge is 2.08. The Morgan fingerprint density at radius 1 is 1.56 bits per heavy atom. The fourth-order valence-corrected chi connectivity index (χ4v) is 1.28. The van der Waals surface area contributed by atoms with Gasteiger partial charge in [-0.2, -0.15) is 0 Å². The molecule has 0 aliphatic carbocycles. The van der Waals surface area contributed by atoms with E-state index < -0.39 is 0 Å². The molecular formula is C8H12N6O2. The van der Waals surface area contributed by atoms with Gasteiger partial charge in [0.25, 0.3) is 0 Å². The van der Waals surface area contributed by atoms with Gasteiger partial charge in [-0.1, -0.05) is 0 Å². The predicted octanol–water partition coefficient (Wildman–Crippen LogP) is -1.06. The third-order valence-corrected chi connectivity index (χ3v) is 2.01. The molecule has 0 spiro atoms. The molecule has 0 radical (unpaired) electrons. The van der Waals surface area contributed by atoms with Gasteiger partial charge >= 0.3 is 0 Å². The molecule has 8 heteroatoms. The first-order valence-corrected chi connectivity index (χ1v) is 4.75. The maximum atomic E-state index is 9.07. The van der Waals surface area contributed by atoms with Crippen molar-refractivity contribution in [2.45, 2.75) is 6.04 Å². The van der Waals surface area contributed by atoms with E-state index in [0.29, 0.717) is 18.1 Å². The Labute approximate surface area is 91.2 Å². The molecule has 0 saturated heterocycles. The van der Waals surface area contributed by atoms with Crippen molar-refractivity contribution in [3.8, 4) is 0 Å². The van der Waals surface area contributed by atoms with Crippen LogP contribution in [0.15, 0.2) is 12.1 Å². The van der Waals surface area contributed by atoms with Crippen LogP contribution in [0.1, 0.15) is 0 Å². The summed E-state index contributed by atoms with van der Waals surface area (Å²) >= 11 is 0. The second-order valence-corrected chi connectivity index (χ2v) is 3.22. The van der Waals surface area contributed by atoms with Gasteiger partial charge < -0.3 is 15.2 Å². The molecule has 0 aliphatic heterocycles. The quantitative estimate of drug-likeness (QED) is 0.668. The number of anilines is 1. The average Bonchev–Trinajstić information content (AvgIpc) is 2.75. The van der Waals surface area contributed by atoms with Crippen molar-refractivity contribution in [3.05, 3.63) is 12.1 Å². The SMILES string of the molecule is COCC(CO)Nc1ccc2nnnn2n1. The van der Waals surface area contributed by atoms with Crippen molar-refractivity contribution in [2.24, 2.45) is 0 Å². The lowest BCUT2D eigenvalue weighted by Gasteiger charge is -2.15. The molecule has 2 aromatic rings. The minimum Gasteiger partial charge on any atom is -0.394 e. The number of aromatic nitrogens is 5. The largest absolute Gasteiger partial charge is 0.394 e. The van der Waals surface area contributed by atoms with Crippen molar-refractivity contribution in [2.75, 3.05) is 25.6 Å². The lowest BCUT2D eigenvalue weighted by molar-refractivity contribution is 0.153. The highest BCUT2D eigenvalue weighted by atomic mass is 16.5. The van der Waals surface area contributed by atoms with Crippen LogP contribution in [0, 0.1) is 0 Å². The third-order valence-electron chi connectivity index (χ3n) is 2.01. The molecule has 2 heterocycles. The van der Waals surface area contributed by atoms with E-state index >= 15 is 0 Å². The minimum atomic E-state index is -0.202. The van der Waals surface area contributed by atoms with Crippen molar-refractivity contribution >= 4 is 11.5 Å². The molecule has 0 aromatic carbocycles. The fraction of sp³-hybridized carbons (Fsp3) is 0.500. The zero-order valence-corrected chi connectivity index (χ0v) is 8.74. The second kappa shape index (κ2) is 4.81. The maximum absolute atomic E-state index is 9.07. The summed E-state index contributed by atoms with van der Waals surface area (Å²) in [4.78, 5) is 0. The Balaban J connectivity index is 2.13. The predicted molar refractivity (Wildman–Crippen MR) is 54.9 cm³/mol. The summed E-state index contributed by atoms with van der Waals surface area (Å²) in [6.45, 7) is 0.356. The molecule has 0 aliphatic rings. The number of tetrazole rings is 1. The Hall–Kier alpha value is -1.80. The van der Waals surface area contributed by atoms with E-state index in [1.54, 1.807) is 19.2 Å². The summed E-state index contributed by atoms with van der Waals surface area (Å²) in [7, 11) is 1.57. The van der Waals surface area contributed by atoms with Crippen LogP contribution in [0.5, 0.6) is 0 Å². The summed E-state index contributed by atoms with van der Waals surface area (Å²) < 4.78 is 6.25. The number of nitrogens with zero attached hydrogens (tertiary/aromatic N) is 5. The molecule has 1 unspecified atom stereocenters. The summed E-state index contributed by atoms with van der Waals surface area (Å²) in [5.41, 5.74) is 0.567. The number of hydrogen-bond donors (Lipinski definition) is 2. The van der Waals surface area contributed by atoms with E-state index in [-0.39, 0.29) is 12.6 Å². The van der Waals surface area contributed by atoms with Crippen molar-refractivity contribution in [1.29, 1.82) is 0 Å². The molecule has 1 atom stereocenters. The zero-order chi connectivity index (χ0) is 11.4. The van der Waals surface area contributed by atoms with Crippen LogP contribution in [0.25, 0.3) is 5.65 Å². The molecule has 2 rings (SSSR count). The summed E-state index contributed by atoms with van der Waals surface area (Å²) in [5, 5.41) is 27.1. The molecule has 0 amide bonds. The van der Waals surface area contributed by atoms with Crippen LogP contribution >= 0.6 is 0 Å². The van der Waals surface area contributed by atoms with Gasteiger partial charge in [-0.05, 0) is 22.6 Å². The van der Waals surface area contributed by atoms with Gasteiger partial charge in [0.15, 0.2) is 5.65 Å². The first-order valence-electron chi connectivity index (χ1n) is 4.75. The first-order chi connectivity index (χ1) is 7.83. The number of fused-ring (bicyclic) bond motifs is 1. The van der Waals surface area contributed by atoms with Crippen LogP contribution in [0.4, 0.5) is 5.82 Å². The Bertz CT molecular complexity index is 458. The van der Waals surface area contributed by atoms with E-state index in [0.717, 1.165) is 0 Å². The van der Waals surface area contributed by atoms with E-state index in [4.69, 9.17) is 9.84 Å². The van der Waals surface area contributed by atoms with Crippen LogP contribution in [0.2, 0.25) is 0 Å². The van der Waals surface area contributed by atoms with Crippen molar-refractivity contribution < 1.29 is 9.84 Å². The normalized spacial score (nSPS) is 12.9. The summed E-state index contributed by atoms with van der Waals surface area (Å²) in [5.74, 6) is 0.580. The van der Waals surface area contributed by atoms with Crippen LogP contribution in [0.3, 0.4) is 0 Å². The standard InChI is InChI=1S/C8H12N6O2/c1-16-5-6(4-15)9-7-2-3-8-10-12-13-14(8)11-7/h2-3,6,15H,4-5H2,1H3,(H,9,11). The number of aliphatic hydroxyl groups excluding tert-OH is 1. The van der Waals surface area contributed by atoms with Gasteiger partial charge in [0.1, 0.15) is 5.82 Å². The van der Waals surface area contributed by atoms with E-state index in [1.165, 1.54) is 4.63 Å². The molecule has 0 bridgehead atoms. The topological polar surface area (TPSA) is 97.5 Å². The van der Waals surface area contributed by atoms with Gasteiger partial charge in [-0.25, -0.2) is 0 Å². The number of rotatable bonds is 5. The number of methoxy groups -OCH3 is 1. The van der Waals surface area contributed by atoms with Gasteiger partial charge in [0.2, 0.25) is 0 Å². The van der Waals surface area contributed by atoms with E-state index in [9.17, 15) is 0 Å². The highest BCUT2D eigenvalue weighted by Crippen LogP contribution is 2.05. The minimum absolute atomic E-state index is 0.0385. The number of nitrogens with one attached hydrogen (secondary N) is 1. The molecular weight excluding hydrogens is 212 g/mol. The molecule has 0 saturated carbocycles. The zero-order valence-electron chi connectivity index (χ0n) is 8.74. The van der Waals surface area contributed by atoms with E-state index in [1.807, 2.05) is 0 Å². The maximum Gasteiger partial charge on any atom is 0.200 e. The summed E-state index contributed by atoms with van der Waals surface area (Å²) in [6.07, 6.45) is 0. The van der Waals surface area contributed by atoms with E-state index in [2.05, 4.69) is 25.9 Å². The molecule has 0 fully saturated rings. The summed E-state index contributed by atoms with van der Waals surface area (Å²) in [6, 6.07) is 3.27. The Morgan fingerprint density at radius 3 is 3.19 bits per heavy atom. The van der Waals surface area contributed by atoms with Crippen LogP contribution < -0.4 is 5.32 Å². The monoisotopic (exact) mass is 224 g/mol. The number of hydrogen-bond acceptors (Lipinski definition) is 7. The Kier molecular flexibility index (Phi) is 3.22. The molecule has 2 N–H and O–H groups in total. The van der Waals surface area contributed by atoms with Crippen molar-refractivity contribution in [1.82, 2.24) is 25.3 Å². The molecule has 16 heavy (non-hydrogen) atoms. The molecule has 86 valence electrons. The van der Waals surface area contributed by atoms with Gasteiger partial charge in [-0.3, -0.25) is 0 Å². The molecule has 2 aromatic heterocycles. The lowest BCUT2D eigenvalue weighted by Crippen LogP contribution is -2.29. The fourth-order valence-electron chi connectivity index (χ4n) is 1.28. The smallest absolute Gasteiger partial charge is 0.200 e. The lowest BCUT2D eigenvalue weighted by atomic mass is 10.3. The van der Waals surface area contributed by atoms with Crippen molar-refractivity contribution in [3.63, 3.8) is 0 Å². The highest BCUT2D eigenvalue weighted by molar-refractivity contribution is 5.42. The average molecular weight is 224 g/mol.